The molecule has 0 spiro atoms. The molecule has 0 saturated carbocycles. The molecule has 7 nitrogen and oxygen atoms in total. The lowest BCUT2D eigenvalue weighted by Crippen LogP contribution is -2.08. The van der Waals surface area contributed by atoms with Gasteiger partial charge < -0.3 is 14.3 Å². The van der Waals surface area contributed by atoms with Gasteiger partial charge in [-0.05, 0) is 30.7 Å². The van der Waals surface area contributed by atoms with Crippen LogP contribution < -0.4 is 0 Å². The highest BCUT2D eigenvalue weighted by atomic mass is 16.5. The Morgan fingerprint density at radius 2 is 2.12 bits per heavy atom. The number of rotatable bonds is 4. The zero-order chi connectivity index (χ0) is 16.5. The van der Waals surface area contributed by atoms with Gasteiger partial charge in [-0.25, -0.2) is 14.5 Å². The minimum atomic E-state index is -1.02. The Morgan fingerprint density at radius 1 is 1.25 bits per heavy atom. The van der Waals surface area contributed by atoms with E-state index >= 15 is 0 Å². The lowest BCUT2D eigenvalue weighted by Gasteiger charge is -2.07. The molecular weight excluding hydrogens is 310 g/mol. The second-order valence-corrected chi connectivity index (χ2v) is 5.57. The Morgan fingerprint density at radius 3 is 2.83 bits per heavy atom. The molecule has 0 amide bonds. The van der Waals surface area contributed by atoms with Crippen LogP contribution in [0.4, 0.5) is 0 Å². The van der Waals surface area contributed by atoms with Gasteiger partial charge in [-0.15, -0.1) is 0 Å². The van der Waals surface area contributed by atoms with Gasteiger partial charge in [0, 0.05) is 12.5 Å². The summed E-state index contributed by atoms with van der Waals surface area (Å²) in [7, 11) is 0. The number of para-hydroxylation sites is 1. The molecule has 0 unspecified atom stereocenters. The van der Waals surface area contributed by atoms with Crippen LogP contribution in [0.5, 0.6) is 0 Å². The molecule has 3 heterocycles. The molecule has 0 radical (unpaired) electrons. The number of nitrogens with zero attached hydrogens (tertiary/aromatic N) is 3. The maximum absolute atomic E-state index is 11.6. The average Bonchev–Trinajstić information content (AvgIpc) is 3.33. The van der Waals surface area contributed by atoms with Crippen LogP contribution in [0.15, 0.2) is 47.1 Å². The summed E-state index contributed by atoms with van der Waals surface area (Å²) in [6, 6.07) is 10.2. The molecule has 1 aromatic carbocycles. The minimum absolute atomic E-state index is 0.108. The van der Waals surface area contributed by atoms with Crippen molar-refractivity contribution in [1.82, 2.24) is 14.8 Å². The first kappa shape index (κ1) is 14.6. The molecule has 2 aromatic heterocycles. The number of aromatic carboxylic acids is 1. The number of ether oxygens (including phenoxy) is 1. The number of carbonyl (C=O) groups is 1. The summed E-state index contributed by atoms with van der Waals surface area (Å²) in [6.07, 6.45) is 2.40. The monoisotopic (exact) mass is 325 g/mol. The molecule has 1 N–H and O–H groups in total. The minimum Gasteiger partial charge on any atom is -0.478 e. The maximum Gasteiger partial charge on any atom is 0.337 e. The molecule has 1 aliphatic rings. The predicted molar refractivity (Wildman–Crippen MR) is 84.2 cm³/mol. The van der Waals surface area contributed by atoms with Crippen molar-refractivity contribution >= 4 is 5.97 Å². The summed E-state index contributed by atoms with van der Waals surface area (Å²) in [5, 5.41) is 14.0. The van der Waals surface area contributed by atoms with Crippen LogP contribution in [0.2, 0.25) is 0 Å². The van der Waals surface area contributed by atoms with Gasteiger partial charge in [0.15, 0.2) is 17.4 Å². The summed E-state index contributed by atoms with van der Waals surface area (Å²) in [4.78, 5) is 16.1. The van der Waals surface area contributed by atoms with Crippen molar-refractivity contribution < 1.29 is 19.1 Å². The molecule has 1 aliphatic heterocycles. The summed E-state index contributed by atoms with van der Waals surface area (Å²) >= 11 is 0. The van der Waals surface area contributed by atoms with E-state index in [0.29, 0.717) is 36.3 Å². The van der Waals surface area contributed by atoms with Crippen LogP contribution in [0.25, 0.3) is 17.3 Å². The fourth-order valence-electron chi connectivity index (χ4n) is 2.81. The SMILES string of the molecule is O=C(O)c1ccccc1-n1nc([C@H]2CCOC2)nc1-c1ccco1. The molecule has 122 valence electrons. The van der Waals surface area contributed by atoms with Gasteiger partial charge in [-0.1, -0.05) is 12.1 Å². The molecule has 3 aromatic rings. The van der Waals surface area contributed by atoms with Gasteiger partial charge in [0.1, 0.15) is 0 Å². The first-order chi connectivity index (χ1) is 11.7. The Labute approximate surface area is 137 Å². The number of carboxylic acid groups (broad SMARTS) is 1. The van der Waals surface area contributed by atoms with Crippen LogP contribution in [0, 0.1) is 0 Å². The molecule has 24 heavy (non-hydrogen) atoms. The highest BCUT2D eigenvalue weighted by molar-refractivity contribution is 5.92. The first-order valence-electron chi connectivity index (χ1n) is 7.65. The third-order valence-corrected chi connectivity index (χ3v) is 4.02. The van der Waals surface area contributed by atoms with Crippen LogP contribution in [-0.2, 0) is 4.74 Å². The quantitative estimate of drug-likeness (QED) is 0.793. The fraction of sp³-hybridized carbons (Fsp3) is 0.235. The second kappa shape index (κ2) is 5.93. The van der Waals surface area contributed by atoms with Gasteiger partial charge in [0.25, 0.3) is 0 Å². The number of carboxylic acids is 1. The van der Waals surface area contributed by atoms with Crippen LogP contribution in [-0.4, -0.2) is 39.1 Å². The highest BCUT2D eigenvalue weighted by Crippen LogP contribution is 2.28. The van der Waals surface area contributed by atoms with Gasteiger partial charge in [0.2, 0.25) is 0 Å². The van der Waals surface area contributed by atoms with E-state index in [2.05, 4.69) is 10.1 Å². The summed E-state index contributed by atoms with van der Waals surface area (Å²) in [5.41, 5.74) is 0.610. The Hall–Kier alpha value is -2.93. The first-order valence-corrected chi connectivity index (χ1v) is 7.65. The average molecular weight is 325 g/mol. The van der Waals surface area contributed by atoms with Crippen molar-refractivity contribution in [2.45, 2.75) is 12.3 Å². The van der Waals surface area contributed by atoms with Crippen LogP contribution >= 0.6 is 0 Å². The van der Waals surface area contributed by atoms with Crippen molar-refractivity contribution in [2.75, 3.05) is 13.2 Å². The molecule has 1 atom stereocenters. The van der Waals surface area contributed by atoms with E-state index in [1.807, 2.05) is 0 Å². The Kier molecular flexibility index (Phi) is 3.62. The van der Waals surface area contributed by atoms with Crippen molar-refractivity contribution in [3.05, 3.63) is 54.0 Å². The van der Waals surface area contributed by atoms with Crippen molar-refractivity contribution in [3.8, 4) is 17.3 Å². The predicted octanol–water partition coefficient (Wildman–Crippen LogP) is 2.73. The van der Waals surface area contributed by atoms with Crippen molar-refractivity contribution in [2.24, 2.45) is 0 Å². The summed E-state index contributed by atoms with van der Waals surface area (Å²) < 4.78 is 12.4. The highest BCUT2D eigenvalue weighted by Gasteiger charge is 2.26. The van der Waals surface area contributed by atoms with Crippen molar-refractivity contribution in [3.63, 3.8) is 0 Å². The van der Waals surface area contributed by atoms with Gasteiger partial charge >= 0.3 is 5.97 Å². The fourth-order valence-corrected chi connectivity index (χ4v) is 2.81. The topological polar surface area (TPSA) is 90.4 Å². The Balaban J connectivity index is 1.89. The lowest BCUT2D eigenvalue weighted by molar-refractivity contribution is 0.0696. The van der Waals surface area contributed by atoms with Crippen LogP contribution in [0.1, 0.15) is 28.5 Å². The van der Waals surface area contributed by atoms with Crippen LogP contribution in [0.3, 0.4) is 0 Å². The summed E-state index contributed by atoms with van der Waals surface area (Å²) in [5.74, 6) is 0.747. The second-order valence-electron chi connectivity index (χ2n) is 5.57. The number of furan rings is 1. The molecule has 7 heteroatoms. The number of aromatic nitrogens is 3. The van der Waals surface area contributed by atoms with E-state index in [9.17, 15) is 9.90 Å². The number of hydrogen-bond donors (Lipinski definition) is 1. The van der Waals surface area contributed by atoms with Gasteiger partial charge in [-0.3, -0.25) is 0 Å². The van der Waals surface area contributed by atoms with E-state index < -0.39 is 5.97 Å². The standard InChI is InChI=1S/C17H15N3O4/c21-17(22)12-4-1-2-5-13(12)20-16(14-6-3-8-24-14)18-15(19-20)11-7-9-23-10-11/h1-6,8,11H,7,9-10H2,(H,21,22)/t11-/m0/s1. The maximum atomic E-state index is 11.6. The summed E-state index contributed by atoms with van der Waals surface area (Å²) in [6.45, 7) is 1.25. The van der Waals surface area contributed by atoms with E-state index in [0.717, 1.165) is 6.42 Å². The molecular formula is C17H15N3O4. The zero-order valence-electron chi connectivity index (χ0n) is 12.8. The Bertz CT molecular complexity index is 864. The molecule has 1 fully saturated rings. The van der Waals surface area contributed by atoms with E-state index in [4.69, 9.17) is 9.15 Å². The van der Waals surface area contributed by atoms with Gasteiger partial charge in [0.05, 0.1) is 24.1 Å². The molecule has 0 bridgehead atoms. The van der Waals surface area contributed by atoms with Gasteiger partial charge in [-0.2, -0.15) is 5.10 Å². The third kappa shape index (κ3) is 2.48. The number of hydrogen-bond acceptors (Lipinski definition) is 5. The van der Waals surface area contributed by atoms with Crippen molar-refractivity contribution in [1.29, 1.82) is 0 Å². The molecule has 1 saturated heterocycles. The third-order valence-electron chi connectivity index (χ3n) is 4.02. The lowest BCUT2D eigenvalue weighted by atomic mass is 10.1. The normalized spacial score (nSPS) is 17.2. The van der Waals surface area contributed by atoms with E-state index in [1.54, 1.807) is 42.7 Å². The number of benzene rings is 1. The largest absolute Gasteiger partial charge is 0.478 e. The van der Waals surface area contributed by atoms with E-state index in [1.165, 1.54) is 4.68 Å². The van der Waals surface area contributed by atoms with E-state index in [-0.39, 0.29) is 11.5 Å². The zero-order valence-corrected chi connectivity index (χ0v) is 12.8. The molecule has 0 aliphatic carbocycles. The molecule has 4 rings (SSSR count). The smallest absolute Gasteiger partial charge is 0.337 e.